The molecular formula is C20H21ClF3N3S. The van der Waals surface area contributed by atoms with Gasteiger partial charge < -0.3 is 15.5 Å². The summed E-state index contributed by atoms with van der Waals surface area (Å²) in [5.74, 6) is 0. The van der Waals surface area contributed by atoms with E-state index in [1.165, 1.54) is 23.4 Å². The van der Waals surface area contributed by atoms with Crippen molar-refractivity contribution in [3.8, 4) is 0 Å². The van der Waals surface area contributed by atoms with E-state index in [9.17, 15) is 13.2 Å². The van der Waals surface area contributed by atoms with Crippen LogP contribution >= 0.6 is 23.8 Å². The first-order valence-electron chi connectivity index (χ1n) is 9.09. The zero-order valence-corrected chi connectivity index (χ0v) is 16.7. The molecule has 0 fully saturated rings. The van der Waals surface area contributed by atoms with Crippen molar-refractivity contribution >= 4 is 40.3 Å². The summed E-state index contributed by atoms with van der Waals surface area (Å²) in [6, 6.07) is 12.1. The summed E-state index contributed by atoms with van der Waals surface area (Å²) in [7, 11) is 0. The second kappa shape index (κ2) is 9.01. The molecule has 2 N–H and O–H groups in total. The van der Waals surface area contributed by atoms with E-state index in [1.807, 2.05) is 0 Å². The van der Waals surface area contributed by atoms with E-state index in [1.54, 1.807) is 0 Å². The van der Waals surface area contributed by atoms with Gasteiger partial charge in [-0.15, -0.1) is 0 Å². The number of para-hydroxylation sites is 1. The number of alkyl halides is 3. The van der Waals surface area contributed by atoms with Gasteiger partial charge in [-0.25, -0.2) is 0 Å². The fourth-order valence-corrected chi connectivity index (χ4v) is 3.76. The topological polar surface area (TPSA) is 27.3 Å². The van der Waals surface area contributed by atoms with Crippen LogP contribution in [0.2, 0.25) is 5.02 Å². The van der Waals surface area contributed by atoms with Gasteiger partial charge in [0.2, 0.25) is 0 Å². The summed E-state index contributed by atoms with van der Waals surface area (Å²) in [6.07, 6.45) is -1.39. The van der Waals surface area contributed by atoms with E-state index in [4.69, 9.17) is 23.8 Å². The zero-order chi connectivity index (χ0) is 20.1. The molecule has 150 valence electrons. The number of aryl methyl sites for hydroxylation is 1. The van der Waals surface area contributed by atoms with E-state index >= 15 is 0 Å². The first-order chi connectivity index (χ1) is 13.3. The van der Waals surface area contributed by atoms with Gasteiger partial charge in [-0.05, 0) is 61.3 Å². The van der Waals surface area contributed by atoms with Crippen LogP contribution in [0.3, 0.4) is 0 Å². The number of halogens is 4. The Labute approximate surface area is 172 Å². The van der Waals surface area contributed by atoms with Crippen LogP contribution in [0.1, 0.15) is 24.0 Å². The fraction of sp³-hybridized carbons (Fsp3) is 0.350. The predicted molar refractivity (Wildman–Crippen MR) is 112 cm³/mol. The molecule has 0 aliphatic carbocycles. The molecule has 2 aromatic carbocycles. The number of anilines is 2. The maximum Gasteiger partial charge on any atom is 0.417 e. The Morgan fingerprint density at radius 2 is 1.96 bits per heavy atom. The molecule has 0 saturated carbocycles. The standard InChI is InChI=1S/C20H21ClF3N3S/c21-17-9-8-15(13-16(17)20(22,23)24)26-19(28)25-10-4-12-27-11-3-6-14-5-1-2-7-18(14)27/h1-2,5,7-9,13H,3-4,6,10-12H2,(H2,25,26,28). The second-order valence-corrected chi connectivity index (χ2v) is 7.46. The van der Waals surface area contributed by atoms with Gasteiger partial charge in [0.25, 0.3) is 0 Å². The van der Waals surface area contributed by atoms with Crippen LogP contribution in [0.15, 0.2) is 42.5 Å². The van der Waals surface area contributed by atoms with Crippen LogP contribution in [0.5, 0.6) is 0 Å². The predicted octanol–water partition coefficient (Wildman–Crippen LogP) is 5.49. The van der Waals surface area contributed by atoms with Gasteiger partial charge in [-0.2, -0.15) is 13.2 Å². The fourth-order valence-electron chi connectivity index (χ4n) is 3.31. The van der Waals surface area contributed by atoms with E-state index in [0.717, 1.165) is 38.4 Å². The summed E-state index contributed by atoms with van der Waals surface area (Å²) in [6.45, 7) is 2.56. The molecule has 3 rings (SSSR count). The number of rotatable bonds is 5. The average molecular weight is 428 g/mol. The second-order valence-electron chi connectivity index (χ2n) is 6.65. The molecule has 0 radical (unpaired) electrons. The van der Waals surface area contributed by atoms with Crippen LogP contribution in [0.25, 0.3) is 0 Å². The number of benzene rings is 2. The normalized spacial score (nSPS) is 13.8. The molecule has 0 amide bonds. The van der Waals surface area contributed by atoms with Gasteiger partial charge in [0.05, 0.1) is 10.6 Å². The van der Waals surface area contributed by atoms with Crippen molar-refractivity contribution in [2.45, 2.75) is 25.4 Å². The van der Waals surface area contributed by atoms with Gasteiger partial charge in [-0.3, -0.25) is 0 Å². The molecule has 0 saturated heterocycles. The van der Waals surface area contributed by atoms with Crippen molar-refractivity contribution in [2.75, 3.05) is 29.9 Å². The van der Waals surface area contributed by atoms with Crippen molar-refractivity contribution in [3.63, 3.8) is 0 Å². The maximum atomic E-state index is 12.9. The molecule has 0 atom stereocenters. The van der Waals surface area contributed by atoms with Crippen molar-refractivity contribution in [1.82, 2.24) is 5.32 Å². The molecule has 3 nitrogen and oxygen atoms in total. The lowest BCUT2D eigenvalue weighted by molar-refractivity contribution is -0.137. The van der Waals surface area contributed by atoms with Crippen molar-refractivity contribution in [3.05, 3.63) is 58.6 Å². The lowest BCUT2D eigenvalue weighted by Crippen LogP contribution is -2.34. The first kappa shape index (κ1) is 20.7. The van der Waals surface area contributed by atoms with Gasteiger partial charge >= 0.3 is 6.18 Å². The third-order valence-electron chi connectivity index (χ3n) is 4.63. The summed E-state index contributed by atoms with van der Waals surface area (Å²) < 4.78 is 38.8. The summed E-state index contributed by atoms with van der Waals surface area (Å²) >= 11 is 10.8. The molecule has 0 spiro atoms. The minimum atomic E-state index is -4.51. The Morgan fingerprint density at radius 1 is 1.18 bits per heavy atom. The molecule has 28 heavy (non-hydrogen) atoms. The van der Waals surface area contributed by atoms with Gasteiger partial charge in [-0.1, -0.05) is 29.8 Å². The molecule has 8 heteroatoms. The molecule has 0 unspecified atom stereocenters. The zero-order valence-electron chi connectivity index (χ0n) is 15.2. The van der Waals surface area contributed by atoms with Gasteiger partial charge in [0.1, 0.15) is 0 Å². The number of nitrogens with zero attached hydrogens (tertiary/aromatic N) is 1. The average Bonchev–Trinajstić information content (AvgIpc) is 2.66. The molecule has 0 bridgehead atoms. The Morgan fingerprint density at radius 3 is 2.75 bits per heavy atom. The molecule has 1 aliphatic rings. The summed E-state index contributed by atoms with van der Waals surface area (Å²) in [5, 5.41) is 5.78. The van der Waals surface area contributed by atoms with Crippen LogP contribution in [0, 0.1) is 0 Å². The quantitative estimate of drug-likeness (QED) is 0.487. The molecular weight excluding hydrogens is 407 g/mol. The Kier molecular flexibility index (Phi) is 6.67. The molecule has 2 aromatic rings. The van der Waals surface area contributed by atoms with Crippen LogP contribution in [-0.2, 0) is 12.6 Å². The first-order valence-corrected chi connectivity index (χ1v) is 9.87. The highest BCUT2D eigenvalue weighted by atomic mass is 35.5. The molecule has 1 heterocycles. The smallest absolute Gasteiger partial charge is 0.371 e. The van der Waals surface area contributed by atoms with Crippen LogP contribution < -0.4 is 15.5 Å². The minimum Gasteiger partial charge on any atom is -0.371 e. The number of thiocarbonyl (C=S) groups is 1. The van der Waals surface area contributed by atoms with E-state index < -0.39 is 11.7 Å². The van der Waals surface area contributed by atoms with E-state index in [-0.39, 0.29) is 15.8 Å². The van der Waals surface area contributed by atoms with E-state index in [2.05, 4.69) is 39.8 Å². The highest BCUT2D eigenvalue weighted by molar-refractivity contribution is 7.80. The SMILES string of the molecule is FC(F)(F)c1cc(NC(=S)NCCCN2CCCc3ccccc32)ccc1Cl. The van der Waals surface area contributed by atoms with E-state index in [0.29, 0.717) is 6.54 Å². The Hall–Kier alpha value is -1.99. The van der Waals surface area contributed by atoms with Crippen LogP contribution in [0.4, 0.5) is 24.5 Å². The lowest BCUT2D eigenvalue weighted by atomic mass is 10.0. The van der Waals surface area contributed by atoms with Gasteiger partial charge in [0.15, 0.2) is 5.11 Å². The minimum absolute atomic E-state index is 0.249. The summed E-state index contributed by atoms with van der Waals surface area (Å²) in [4.78, 5) is 2.37. The number of fused-ring (bicyclic) bond motifs is 1. The number of hydrogen-bond donors (Lipinski definition) is 2. The third kappa shape index (κ3) is 5.29. The lowest BCUT2D eigenvalue weighted by Gasteiger charge is -2.31. The van der Waals surface area contributed by atoms with Crippen molar-refractivity contribution in [2.24, 2.45) is 0 Å². The highest BCUT2D eigenvalue weighted by Crippen LogP contribution is 2.36. The Balaban J connectivity index is 1.47. The van der Waals surface area contributed by atoms with Crippen LogP contribution in [-0.4, -0.2) is 24.7 Å². The summed E-state index contributed by atoms with van der Waals surface area (Å²) in [5.41, 5.74) is 2.03. The monoisotopic (exact) mass is 427 g/mol. The highest BCUT2D eigenvalue weighted by Gasteiger charge is 2.33. The molecule has 0 aromatic heterocycles. The largest absolute Gasteiger partial charge is 0.417 e. The molecule has 1 aliphatic heterocycles. The maximum absolute atomic E-state index is 12.9. The third-order valence-corrected chi connectivity index (χ3v) is 5.20. The number of nitrogens with one attached hydrogen (secondary N) is 2. The van der Waals surface area contributed by atoms with Crippen molar-refractivity contribution in [1.29, 1.82) is 0 Å². The Bertz CT molecular complexity index is 842. The van der Waals surface area contributed by atoms with Crippen molar-refractivity contribution < 1.29 is 13.2 Å². The number of hydrogen-bond acceptors (Lipinski definition) is 2. The van der Waals surface area contributed by atoms with Gasteiger partial charge in [0, 0.05) is 31.0 Å².